The zero-order valence-corrected chi connectivity index (χ0v) is 11.2. The summed E-state index contributed by atoms with van der Waals surface area (Å²) >= 11 is 7.69. The topological polar surface area (TPSA) is 38.0 Å². The molecule has 0 unspecified atom stereocenters. The lowest BCUT2D eigenvalue weighted by molar-refractivity contribution is 0.701. The van der Waals surface area contributed by atoms with Crippen LogP contribution in [0.3, 0.4) is 0 Å². The van der Waals surface area contributed by atoms with E-state index >= 15 is 0 Å². The minimum Gasteiger partial charge on any atom is -0.398 e. The van der Waals surface area contributed by atoms with Crippen LogP contribution in [0.15, 0.2) is 30.3 Å². The van der Waals surface area contributed by atoms with Crippen molar-refractivity contribution in [2.75, 3.05) is 5.73 Å². The highest BCUT2D eigenvalue weighted by molar-refractivity contribution is 7.11. The largest absolute Gasteiger partial charge is 0.398 e. The van der Waals surface area contributed by atoms with Crippen molar-refractivity contribution in [2.45, 2.75) is 20.0 Å². The summed E-state index contributed by atoms with van der Waals surface area (Å²) in [6.07, 6.45) is 0. The first-order chi connectivity index (χ1) is 8.15. The molecule has 0 radical (unpaired) electrons. The molecule has 0 saturated carbocycles. The number of nitrogen functional groups attached to an aromatic ring is 1. The van der Waals surface area contributed by atoms with Crippen LogP contribution in [0.25, 0.3) is 0 Å². The van der Waals surface area contributed by atoms with Gasteiger partial charge in [0, 0.05) is 22.8 Å². The zero-order chi connectivity index (χ0) is 12.3. The van der Waals surface area contributed by atoms with Gasteiger partial charge in [0.1, 0.15) is 0 Å². The average Bonchev–Trinajstić information content (AvgIpc) is 2.70. The molecule has 0 bridgehead atoms. The van der Waals surface area contributed by atoms with E-state index in [9.17, 15) is 0 Å². The van der Waals surface area contributed by atoms with E-state index in [1.165, 1.54) is 9.75 Å². The Morgan fingerprint density at radius 2 is 2.06 bits per heavy atom. The lowest BCUT2D eigenvalue weighted by atomic mass is 10.2. The van der Waals surface area contributed by atoms with Crippen molar-refractivity contribution in [3.8, 4) is 0 Å². The maximum Gasteiger partial charge on any atom is 0.0635 e. The second-order valence-electron chi connectivity index (χ2n) is 3.97. The molecule has 0 spiro atoms. The molecule has 4 heteroatoms. The molecule has 1 heterocycles. The van der Waals surface area contributed by atoms with Gasteiger partial charge in [-0.25, -0.2) is 0 Å². The zero-order valence-electron chi connectivity index (χ0n) is 9.66. The number of aryl methyl sites for hydroxylation is 1. The predicted molar refractivity (Wildman–Crippen MR) is 75.5 cm³/mol. The number of hydrogen-bond acceptors (Lipinski definition) is 3. The quantitative estimate of drug-likeness (QED) is 0.830. The second kappa shape index (κ2) is 5.54. The number of nitrogens with one attached hydrogen (secondary N) is 1. The Kier molecular flexibility index (Phi) is 4.05. The van der Waals surface area contributed by atoms with Crippen molar-refractivity contribution in [2.24, 2.45) is 0 Å². The monoisotopic (exact) mass is 266 g/mol. The van der Waals surface area contributed by atoms with E-state index in [1.54, 1.807) is 0 Å². The first kappa shape index (κ1) is 12.4. The first-order valence-electron chi connectivity index (χ1n) is 5.45. The molecule has 0 fully saturated rings. The highest BCUT2D eigenvalue weighted by atomic mass is 35.5. The van der Waals surface area contributed by atoms with Crippen molar-refractivity contribution in [3.63, 3.8) is 0 Å². The maximum absolute atomic E-state index is 5.87. The molecule has 0 aliphatic carbocycles. The van der Waals surface area contributed by atoms with Crippen molar-refractivity contribution in [3.05, 3.63) is 50.7 Å². The van der Waals surface area contributed by atoms with Gasteiger partial charge in [-0.3, -0.25) is 0 Å². The van der Waals surface area contributed by atoms with Gasteiger partial charge in [-0.05, 0) is 36.8 Å². The van der Waals surface area contributed by atoms with Crippen molar-refractivity contribution in [1.82, 2.24) is 5.32 Å². The van der Waals surface area contributed by atoms with Crippen molar-refractivity contribution < 1.29 is 0 Å². The summed E-state index contributed by atoms with van der Waals surface area (Å²) in [5, 5.41) is 4.00. The molecule has 0 amide bonds. The van der Waals surface area contributed by atoms with Gasteiger partial charge in [0.15, 0.2) is 0 Å². The number of anilines is 1. The molecule has 0 aliphatic heterocycles. The Morgan fingerprint density at radius 1 is 1.24 bits per heavy atom. The third-order valence-corrected chi connectivity index (χ3v) is 3.83. The summed E-state index contributed by atoms with van der Waals surface area (Å²) in [6.45, 7) is 3.81. The minimum absolute atomic E-state index is 0.614. The summed E-state index contributed by atoms with van der Waals surface area (Å²) < 4.78 is 0. The van der Waals surface area contributed by atoms with Crippen LogP contribution in [-0.4, -0.2) is 0 Å². The Hall–Kier alpha value is -1.03. The molecule has 3 N–H and O–H groups in total. The fourth-order valence-corrected chi connectivity index (χ4v) is 2.59. The van der Waals surface area contributed by atoms with Crippen LogP contribution in [0.2, 0.25) is 5.02 Å². The summed E-state index contributed by atoms with van der Waals surface area (Å²) in [6, 6.07) is 10.0. The van der Waals surface area contributed by atoms with Crippen molar-refractivity contribution in [1.29, 1.82) is 0 Å². The molecule has 2 nitrogen and oxygen atoms in total. The lowest BCUT2D eigenvalue weighted by Crippen LogP contribution is -2.11. The minimum atomic E-state index is 0.614. The Bertz CT molecular complexity index is 508. The highest BCUT2D eigenvalue weighted by Crippen LogP contribution is 2.19. The van der Waals surface area contributed by atoms with Gasteiger partial charge in [0.2, 0.25) is 0 Å². The SMILES string of the molecule is Cc1ccc(CNCc2ccc(Cl)c(N)c2)s1. The van der Waals surface area contributed by atoms with E-state index in [-0.39, 0.29) is 0 Å². The summed E-state index contributed by atoms with van der Waals surface area (Å²) in [7, 11) is 0. The maximum atomic E-state index is 5.87. The Labute approximate surface area is 110 Å². The van der Waals surface area contributed by atoms with Gasteiger partial charge in [-0.15, -0.1) is 11.3 Å². The molecule has 90 valence electrons. The number of nitrogens with two attached hydrogens (primary N) is 1. The predicted octanol–water partition coefficient (Wildman–Crippen LogP) is 3.58. The van der Waals surface area contributed by atoms with Gasteiger partial charge < -0.3 is 11.1 Å². The lowest BCUT2D eigenvalue weighted by Gasteiger charge is -2.05. The summed E-state index contributed by atoms with van der Waals surface area (Å²) in [5.41, 5.74) is 7.54. The molecule has 2 rings (SSSR count). The number of halogens is 1. The molecule has 17 heavy (non-hydrogen) atoms. The molecule has 0 saturated heterocycles. The van der Waals surface area contributed by atoms with Gasteiger partial charge in [-0.1, -0.05) is 17.7 Å². The molecular weight excluding hydrogens is 252 g/mol. The third-order valence-electron chi connectivity index (χ3n) is 2.48. The van der Waals surface area contributed by atoms with Crippen LogP contribution < -0.4 is 11.1 Å². The van der Waals surface area contributed by atoms with E-state index in [1.807, 2.05) is 29.5 Å². The Balaban J connectivity index is 1.87. The van der Waals surface area contributed by atoms with E-state index < -0.39 is 0 Å². The molecule has 1 aromatic carbocycles. The number of hydrogen-bond donors (Lipinski definition) is 2. The van der Waals surface area contributed by atoms with E-state index in [0.29, 0.717) is 10.7 Å². The molecule has 2 aromatic rings. The smallest absolute Gasteiger partial charge is 0.0635 e. The summed E-state index contributed by atoms with van der Waals surface area (Å²) in [5.74, 6) is 0. The second-order valence-corrected chi connectivity index (χ2v) is 5.75. The van der Waals surface area contributed by atoms with Crippen LogP contribution in [0, 0.1) is 6.92 Å². The first-order valence-corrected chi connectivity index (χ1v) is 6.64. The standard InChI is InChI=1S/C13H15ClN2S/c1-9-2-4-11(17-9)8-16-7-10-3-5-12(14)13(15)6-10/h2-6,16H,7-8,15H2,1H3. The summed E-state index contributed by atoms with van der Waals surface area (Å²) in [4.78, 5) is 2.70. The van der Waals surface area contributed by atoms with E-state index in [4.69, 9.17) is 17.3 Å². The Morgan fingerprint density at radius 3 is 2.71 bits per heavy atom. The fourth-order valence-electron chi connectivity index (χ4n) is 1.61. The van der Waals surface area contributed by atoms with Gasteiger partial charge >= 0.3 is 0 Å². The number of rotatable bonds is 4. The third kappa shape index (κ3) is 3.46. The van der Waals surface area contributed by atoms with Gasteiger partial charge in [0.05, 0.1) is 10.7 Å². The highest BCUT2D eigenvalue weighted by Gasteiger charge is 1.99. The van der Waals surface area contributed by atoms with Crippen LogP contribution in [0.5, 0.6) is 0 Å². The average molecular weight is 267 g/mol. The van der Waals surface area contributed by atoms with Crippen LogP contribution >= 0.6 is 22.9 Å². The molecule has 0 aliphatic rings. The fraction of sp³-hybridized carbons (Fsp3) is 0.231. The van der Waals surface area contributed by atoms with Crippen LogP contribution in [0.1, 0.15) is 15.3 Å². The normalized spacial score (nSPS) is 10.7. The van der Waals surface area contributed by atoms with Crippen molar-refractivity contribution >= 4 is 28.6 Å². The molecular formula is C13H15ClN2S. The van der Waals surface area contributed by atoms with Gasteiger partial charge in [-0.2, -0.15) is 0 Å². The van der Waals surface area contributed by atoms with Gasteiger partial charge in [0.25, 0.3) is 0 Å². The molecule has 0 atom stereocenters. The van der Waals surface area contributed by atoms with Crippen LogP contribution in [0.4, 0.5) is 5.69 Å². The number of benzene rings is 1. The number of thiophene rings is 1. The van der Waals surface area contributed by atoms with E-state index in [2.05, 4.69) is 24.4 Å². The molecule has 1 aromatic heterocycles. The van der Waals surface area contributed by atoms with Crippen LogP contribution in [-0.2, 0) is 13.1 Å². The van der Waals surface area contributed by atoms with E-state index in [0.717, 1.165) is 18.7 Å².